The van der Waals surface area contributed by atoms with E-state index in [1.165, 1.54) is 6.07 Å². The Morgan fingerprint density at radius 2 is 1.96 bits per heavy atom. The number of halogens is 1. The van der Waals surface area contributed by atoms with E-state index in [0.29, 0.717) is 39.2 Å². The first kappa shape index (κ1) is 17.2. The van der Waals surface area contributed by atoms with Gasteiger partial charge in [0.1, 0.15) is 16.8 Å². The Balaban J connectivity index is 1.65. The van der Waals surface area contributed by atoms with Crippen molar-refractivity contribution in [3.63, 3.8) is 0 Å². The van der Waals surface area contributed by atoms with Gasteiger partial charge >= 0.3 is 0 Å². The number of oxazole rings is 1. The van der Waals surface area contributed by atoms with Crippen molar-refractivity contribution >= 4 is 22.0 Å². The standard InChI is InChI=1S/C21H21FN4O2/c1-11-19-18(28-12(2)24-19)9-16(21(11)27)13-7-14-10-26(15-3-5-23-6-4-15)25-20(14)17(22)8-13/h7-10,15,23,27H,3-6H2,1-2H3. The van der Waals surface area contributed by atoms with Crippen LogP contribution in [-0.4, -0.2) is 33.0 Å². The number of phenolic OH excluding ortho intramolecular Hbond substituents is 1. The predicted molar refractivity (Wildman–Crippen MR) is 105 cm³/mol. The Morgan fingerprint density at radius 1 is 1.18 bits per heavy atom. The van der Waals surface area contributed by atoms with Crippen LogP contribution in [0.2, 0.25) is 0 Å². The summed E-state index contributed by atoms with van der Waals surface area (Å²) in [6.07, 6.45) is 3.85. The minimum atomic E-state index is -0.397. The van der Waals surface area contributed by atoms with Gasteiger partial charge in [-0.2, -0.15) is 5.10 Å². The summed E-state index contributed by atoms with van der Waals surface area (Å²) in [5.41, 5.74) is 3.29. The summed E-state index contributed by atoms with van der Waals surface area (Å²) in [6.45, 7) is 5.43. The van der Waals surface area contributed by atoms with Gasteiger partial charge < -0.3 is 14.8 Å². The van der Waals surface area contributed by atoms with Crippen LogP contribution in [0.3, 0.4) is 0 Å². The van der Waals surface area contributed by atoms with Gasteiger partial charge in [0.2, 0.25) is 0 Å². The van der Waals surface area contributed by atoms with Crippen LogP contribution in [0.15, 0.2) is 28.8 Å². The maximum atomic E-state index is 14.9. The summed E-state index contributed by atoms with van der Waals surface area (Å²) in [5, 5.41) is 19.2. The highest BCUT2D eigenvalue weighted by Gasteiger charge is 2.20. The number of aromatic nitrogens is 3. The fourth-order valence-corrected chi connectivity index (χ4v) is 4.07. The third kappa shape index (κ3) is 2.65. The fourth-order valence-electron chi connectivity index (χ4n) is 4.07. The van der Waals surface area contributed by atoms with Crippen LogP contribution in [0.4, 0.5) is 4.39 Å². The van der Waals surface area contributed by atoms with Crippen LogP contribution in [0, 0.1) is 19.7 Å². The van der Waals surface area contributed by atoms with E-state index in [2.05, 4.69) is 15.4 Å². The largest absolute Gasteiger partial charge is 0.507 e. The van der Waals surface area contributed by atoms with Crippen molar-refractivity contribution in [1.29, 1.82) is 0 Å². The molecular formula is C21H21FN4O2. The number of rotatable bonds is 2. The third-order valence-corrected chi connectivity index (χ3v) is 5.57. The molecule has 1 fully saturated rings. The zero-order chi connectivity index (χ0) is 19.4. The first-order valence-corrected chi connectivity index (χ1v) is 9.50. The summed E-state index contributed by atoms with van der Waals surface area (Å²) in [4.78, 5) is 4.31. The molecule has 0 spiro atoms. The molecule has 0 saturated carbocycles. The highest BCUT2D eigenvalue weighted by molar-refractivity contribution is 5.91. The van der Waals surface area contributed by atoms with Crippen LogP contribution in [0.25, 0.3) is 33.1 Å². The molecule has 1 aliphatic rings. The molecule has 0 aliphatic carbocycles. The molecule has 0 radical (unpaired) electrons. The van der Waals surface area contributed by atoms with Crippen molar-refractivity contribution in [2.75, 3.05) is 13.1 Å². The quantitative estimate of drug-likeness (QED) is 0.544. The molecule has 5 rings (SSSR count). The van der Waals surface area contributed by atoms with E-state index in [-0.39, 0.29) is 11.8 Å². The van der Waals surface area contributed by atoms with Gasteiger partial charge in [-0.1, -0.05) is 0 Å². The molecule has 7 heteroatoms. The highest BCUT2D eigenvalue weighted by atomic mass is 19.1. The molecule has 28 heavy (non-hydrogen) atoms. The minimum absolute atomic E-state index is 0.0882. The monoisotopic (exact) mass is 380 g/mol. The lowest BCUT2D eigenvalue weighted by atomic mass is 9.99. The Labute approximate surface area is 161 Å². The zero-order valence-electron chi connectivity index (χ0n) is 15.8. The van der Waals surface area contributed by atoms with Crippen LogP contribution < -0.4 is 5.32 Å². The van der Waals surface area contributed by atoms with Gasteiger partial charge in [-0.15, -0.1) is 0 Å². The molecule has 1 saturated heterocycles. The van der Waals surface area contributed by atoms with Crippen molar-refractivity contribution in [1.82, 2.24) is 20.1 Å². The first-order valence-electron chi connectivity index (χ1n) is 9.50. The summed E-state index contributed by atoms with van der Waals surface area (Å²) in [7, 11) is 0. The molecule has 0 unspecified atom stereocenters. The number of hydrogen-bond acceptors (Lipinski definition) is 5. The number of aromatic hydroxyl groups is 1. The number of nitrogens with zero attached hydrogens (tertiary/aromatic N) is 3. The minimum Gasteiger partial charge on any atom is -0.507 e. The lowest BCUT2D eigenvalue weighted by molar-refractivity contribution is 0.344. The number of aryl methyl sites for hydroxylation is 2. The molecule has 4 aromatic rings. The van der Waals surface area contributed by atoms with Crippen molar-refractivity contribution in [3.05, 3.63) is 41.7 Å². The topological polar surface area (TPSA) is 76.1 Å². The van der Waals surface area contributed by atoms with Crippen LogP contribution >= 0.6 is 0 Å². The highest BCUT2D eigenvalue weighted by Crippen LogP contribution is 2.39. The number of benzene rings is 2. The summed E-state index contributed by atoms with van der Waals surface area (Å²) < 4.78 is 22.4. The number of piperidine rings is 1. The maximum absolute atomic E-state index is 14.9. The van der Waals surface area contributed by atoms with Crippen LogP contribution in [0.1, 0.15) is 30.3 Å². The Hall–Kier alpha value is -2.93. The van der Waals surface area contributed by atoms with E-state index in [4.69, 9.17) is 4.42 Å². The number of phenols is 1. The summed E-state index contributed by atoms with van der Waals surface area (Å²) >= 11 is 0. The van der Waals surface area contributed by atoms with Crippen molar-refractivity contribution in [2.24, 2.45) is 0 Å². The molecule has 2 aromatic heterocycles. The molecule has 6 nitrogen and oxygen atoms in total. The van der Waals surface area contributed by atoms with Gasteiger partial charge in [-0.05, 0) is 56.6 Å². The molecule has 1 aliphatic heterocycles. The van der Waals surface area contributed by atoms with Gasteiger partial charge in [-0.3, -0.25) is 4.68 Å². The van der Waals surface area contributed by atoms with Gasteiger partial charge in [0.25, 0.3) is 0 Å². The van der Waals surface area contributed by atoms with Crippen molar-refractivity contribution in [3.8, 4) is 16.9 Å². The average Bonchev–Trinajstić information content (AvgIpc) is 3.29. The van der Waals surface area contributed by atoms with E-state index in [1.807, 2.05) is 16.9 Å². The number of fused-ring (bicyclic) bond motifs is 2. The molecule has 0 amide bonds. The molecular weight excluding hydrogens is 359 g/mol. The lowest BCUT2D eigenvalue weighted by Gasteiger charge is -2.22. The summed E-state index contributed by atoms with van der Waals surface area (Å²) in [6, 6.07) is 5.29. The van der Waals surface area contributed by atoms with Crippen LogP contribution in [0.5, 0.6) is 5.75 Å². The average molecular weight is 380 g/mol. The molecule has 0 bridgehead atoms. The first-order chi connectivity index (χ1) is 13.5. The van der Waals surface area contributed by atoms with Gasteiger partial charge in [0.05, 0.1) is 6.04 Å². The number of hydrogen-bond donors (Lipinski definition) is 2. The smallest absolute Gasteiger partial charge is 0.192 e. The van der Waals surface area contributed by atoms with Crippen molar-refractivity contribution in [2.45, 2.75) is 32.7 Å². The molecule has 3 heterocycles. The second-order valence-corrected chi connectivity index (χ2v) is 7.46. The Morgan fingerprint density at radius 3 is 2.75 bits per heavy atom. The van der Waals surface area contributed by atoms with Gasteiger partial charge in [0.15, 0.2) is 17.3 Å². The number of nitrogens with one attached hydrogen (secondary N) is 1. The third-order valence-electron chi connectivity index (χ3n) is 5.57. The molecule has 2 aromatic carbocycles. The SMILES string of the molecule is Cc1nc2c(C)c(O)c(-c3cc(F)c4nn(C5CCNCC5)cc4c3)cc2o1. The zero-order valence-corrected chi connectivity index (χ0v) is 15.8. The van der Waals surface area contributed by atoms with Gasteiger partial charge in [-0.25, -0.2) is 9.37 Å². The van der Waals surface area contributed by atoms with Crippen molar-refractivity contribution < 1.29 is 13.9 Å². The predicted octanol–water partition coefficient (Wildman–Crippen LogP) is 4.23. The van der Waals surface area contributed by atoms with Gasteiger partial charge in [0, 0.05) is 29.6 Å². The second-order valence-electron chi connectivity index (χ2n) is 7.46. The molecule has 0 atom stereocenters. The van der Waals surface area contributed by atoms with E-state index >= 15 is 0 Å². The Bertz CT molecular complexity index is 1200. The lowest BCUT2D eigenvalue weighted by Crippen LogP contribution is -2.29. The normalized spacial score (nSPS) is 15.7. The van der Waals surface area contributed by atoms with E-state index in [1.54, 1.807) is 19.9 Å². The van der Waals surface area contributed by atoms with E-state index in [0.717, 1.165) is 31.3 Å². The second kappa shape index (κ2) is 6.31. The molecule has 144 valence electrons. The fraction of sp³-hybridized carbons (Fsp3) is 0.333. The van der Waals surface area contributed by atoms with Crippen LogP contribution in [-0.2, 0) is 0 Å². The maximum Gasteiger partial charge on any atom is 0.192 e. The Kier molecular flexibility index (Phi) is 3.87. The summed E-state index contributed by atoms with van der Waals surface area (Å²) in [5.74, 6) is 0.218. The van der Waals surface area contributed by atoms with E-state index < -0.39 is 5.82 Å². The van der Waals surface area contributed by atoms with E-state index in [9.17, 15) is 9.50 Å². The molecule has 2 N–H and O–H groups in total.